The van der Waals surface area contributed by atoms with Crippen LogP contribution in [0.1, 0.15) is 32.3 Å². The normalized spacial score (nSPS) is 18.2. The van der Waals surface area contributed by atoms with Crippen LogP contribution in [0.4, 0.5) is 0 Å². The molecule has 0 fully saturated rings. The molecular weight excluding hydrogens is 212 g/mol. The average molecular weight is 232 g/mol. The first-order valence-corrected chi connectivity index (χ1v) is 6.19. The van der Waals surface area contributed by atoms with Crippen LogP contribution in [0.3, 0.4) is 0 Å². The fourth-order valence-corrected chi connectivity index (χ4v) is 2.15. The van der Waals surface area contributed by atoms with Gasteiger partial charge in [0, 0.05) is 5.41 Å². The second kappa shape index (κ2) is 4.92. The molecule has 92 valence electrons. The Labute approximate surface area is 103 Å². The third-order valence-corrected chi connectivity index (χ3v) is 3.43. The van der Waals surface area contributed by atoms with E-state index in [0.717, 1.165) is 24.2 Å². The molecule has 0 amide bonds. The summed E-state index contributed by atoms with van der Waals surface area (Å²) in [7, 11) is 0. The lowest BCUT2D eigenvalue weighted by Gasteiger charge is -2.33. The molecule has 1 aromatic rings. The first kappa shape index (κ1) is 12.2. The average Bonchev–Trinajstić information content (AvgIpc) is 2.40. The number of aliphatic hydroxyl groups is 1. The van der Waals surface area contributed by atoms with Crippen molar-refractivity contribution in [2.75, 3.05) is 6.61 Å². The predicted octanol–water partition coefficient (Wildman–Crippen LogP) is 3.02. The van der Waals surface area contributed by atoms with Gasteiger partial charge >= 0.3 is 0 Å². The summed E-state index contributed by atoms with van der Waals surface area (Å²) in [6.45, 7) is 4.81. The fourth-order valence-electron chi connectivity index (χ4n) is 2.15. The topological polar surface area (TPSA) is 29.5 Å². The Morgan fingerprint density at radius 1 is 1.24 bits per heavy atom. The van der Waals surface area contributed by atoms with Crippen LogP contribution in [0.25, 0.3) is 0 Å². The van der Waals surface area contributed by atoms with E-state index in [9.17, 15) is 5.11 Å². The molecule has 2 nitrogen and oxygen atoms in total. The molecule has 0 radical (unpaired) electrons. The lowest BCUT2D eigenvalue weighted by atomic mass is 9.78. The van der Waals surface area contributed by atoms with Crippen LogP contribution in [0.15, 0.2) is 42.2 Å². The third-order valence-electron chi connectivity index (χ3n) is 3.43. The van der Waals surface area contributed by atoms with Gasteiger partial charge < -0.3 is 9.84 Å². The minimum atomic E-state index is -0.579. The summed E-state index contributed by atoms with van der Waals surface area (Å²) in [5.74, 6) is 0.727. The van der Waals surface area contributed by atoms with Crippen LogP contribution < -0.4 is 0 Å². The van der Waals surface area contributed by atoms with Gasteiger partial charge in [-0.15, -0.1) is 0 Å². The van der Waals surface area contributed by atoms with Gasteiger partial charge in [0.05, 0.1) is 6.61 Å². The van der Waals surface area contributed by atoms with Gasteiger partial charge in [0.25, 0.3) is 0 Å². The van der Waals surface area contributed by atoms with Crippen LogP contribution >= 0.6 is 0 Å². The summed E-state index contributed by atoms with van der Waals surface area (Å²) in [6, 6.07) is 10.1. The number of hydrogen-bond acceptors (Lipinski definition) is 2. The molecule has 0 bridgehead atoms. The number of hydrogen-bond donors (Lipinski definition) is 1. The van der Waals surface area contributed by atoms with E-state index in [4.69, 9.17) is 4.74 Å². The highest BCUT2D eigenvalue weighted by atomic mass is 16.5. The zero-order valence-corrected chi connectivity index (χ0v) is 10.5. The molecule has 1 aliphatic heterocycles. The summed E-state index contributed by atoms with van der Waals surface area (Å²) in [4.78, 5) is 0. The van der Waals surface area contributed by atoms with Gasteiger partial charge in [-0.2, -0.15) is 0 Å². The monoisotopic (exact) mass is 232 g/mol. The van der Waals surface area contributed by atoms with E-state index >= 15 is 0 Å². The molecule has 2 rings (SSSR count). The predicted molar refractivity (Wildman–Crippen MR) is 68.7 cm³/mol. The van der Waals surface area contributed by atoms with E-state index in [1.165, 1.54) is 0 Å². The lowest BCUT2D eigenvalue weighted by Crippen LogP contribution is -2.36. The highest BCUT2D eigenvalue weighted by Crippen LogP contribution is 2.32. The van der Waals surface area contributed by atoms with Crippen molar-refractivity contribution in [3.8, 4) is 0 Å². The van der Waals surface area contributed by atoms with Crippen molar-refractivity contribution in [3.05, 3.63) is 47.7 Å². The molecule has 0 spiro atoms. The minimum absolute atomic E-state index is 0.329. The van der Waals surface area contributed by atoms with Gasteiger partial charge in [0.15, 0.2) is 0 Å². The van der Waals surface area contributed by atoms with Crippen LogP contribution in [-0.4, -0.2) is 17.8 Å². The van der Waals surface area contributed by atoms with E-state index < -0.39 is 6.10 Å². The Hall–Kier alpha value is -1.28. The number of benzene rings is 1. The second-order valence-corrected chi connectivity index (χ2v) is 5.09. The van der Waals surface area contributed by atoms with Crippen molar-refractivity contribution in [1.82, 2.24) is 0 Å². The van der Waals surface area contributed by atoms with E-state index in [1.807, 2.05) is 50.3 Å². The SMILES string of the molecule is CC(C)(c1ccccc1)C(O)C1=CCCCO1. The summed E-state index contributed by atoms with van der Waals surface area (Å²) in [6.07, 6.45) is 3.48. The maximum absolute atomic E-state index is 10.5. The number of aliphatic hydroxyl groups excluding tert-OH is 1. The van der Waals surface area contributed by atoms with Crippen LogP contribution in [0.2, 0.25) is 0 Å². The first-order valence-electron chi connectivity index (χ1n) is 6.19. The van der Waals surface area contributed by atoms with Gasteiger partial charge in [0.2, 0.25) is 0 Å². The Morgan fingerprint density at radius 2 is 1.94 bits per heavy atom. The van der Waals surface area contributed by atoms with Crippen LogP contribution in [-0.2, 0) is 10.2 Å². The summed E-state index contributed by atoms with van der Waals surface area (Å²) in [5.41, 5.74) is 0.798. The van der Waals surface area contributed by atoms with Crippen molar-refractivity contribution in [2.45, 2.75) is 38.2 Å². The first-order chi connectivity index (χ1) is 8.12. The van der Waals surface area contributed by atoms with Gasteiger partial charge in [-0.05, 0) is 24.5 Å². The molecule has 1 aliphatic rings. The standard InChI is InChI=1S/C15H20O2/c1-15(2,12-8-4-3-5-9-12)14(16)13-10-6-7-11-17-13/h3-5,8-10,14,16H,6-7,11H2,1-2H3. The maximum Gasteiger partial charge on any atom is 0.121 e. The zero-order valence-electron chi connectivity index (χ0n) is 10.5. The van der Waals surface area contributed by atoms with Gasteiger partial charge in [0.1, 0.15) is 11.9 Å². The van der Waals surface area contributed by atoms with Gasteiger partial charge in [-0.1, -0.05) is 44.2 Å². The largest absolute Gasteiger partial charge is 0.495 e. The van der Waals surface area contributed by atoms with E-state index in [1.54, 1.807) is 0 Å². The lowest BCUT2D eigenvalue weighted by molar-refractivity contribution is 0.0501. The Kier molecular flexibility index (Phi) is 3.53. The summed E-state index contributed by atoms with van der Waals surface area (Å²) in [5, 5.41) is 10.5. The van der Waals surface area contributed by atoms with Crippen molar-refractivity contribution in [1.29, 1.82) is 0 Å². The smallest absolute Gasteiger partial charge is 0.121 e. The zero-order chi connectivity index (χ0) is 12.3. The molecule has 1 N–H and O–H groups in total. The number of allylic oxidation sites excluding steroid dienone is 1. The Balaban J connectivity index is 2.23. The molecule has 0 aromatic heterocycles. The van der Waals surface area contributed by atoms with Crippen LogP contribution in [0.5, 0.6) is 0 Å². The molecule has 0 saturated carbocycles. The van der Waals surface area contributed by atoms with E-state index in [-0.39, 0.29) is 5.41 Å². The molecule has 1 heterocycles. The summed E-state index contributed by atoms with van der Waals surface area (Å²) >= 11 is 0. The molecular formula is C15H20O2. The second-order valence-electron chi connectivity index (χ2n) is 5.09. The van der Waals surface area contributed by atoms with E-state index in [2.05, 4.69) is 0 Å². The Morgan fingerprint density at radius 3 is 2.53 bits per heavy atom. The van der Waals surface area contributed by atoms with Gasteiger partial charge in [-0.25, -0.2) is 0 Å². The number of ether oxygens (including phenoxy) is 1. The third kappa shape index (κ3) is 2.52. The molecule has 0 saturated heterocycles. The maximum atomic E-state index is 10.5. The highest BCUT2D eigenvalue weighted by Gasteiger charge is 2.33. The van der Waals surface area contributed by atoms with Crippen molar-refractivity contribution in [3.63, 3.8) is 0 Å². The molecule has 1 atom stereocenters. The fraction of sp³-hybridized carbons (Fsp3) is 0.467. The van der Waals surface area contributed by atoms with Crippen LogP contribution in [0, 0.1) is 0 Å². The molecule has 17 heavy (non-hydrogen) atoms. The van der Waals surface area contributed by atoms with Crippen molar-refractivity contribution >= 4 is 0 Å². The molecule has 0 aliphatic carbocycles. The quantitative estimate of drug-likeness (QED) is 0.868. The van der Waals surface area contributed by atoms with E-state index in [0.29, 0.717) is 6.61 Å². The molecule has 1 unspecified atom stereocenters. The molecule has 2 heteroatoms. The highest BCUT2D eigenvalue weighted by molar-refractivity contribution is 5.28. The van der Waals surface area contributed by atoms with Crippen molar-refractivity contribution < 1.29 is 9.84 Å². The summed E-state index contributed by atoms with van der Waals surface area (Å²) < 4.78 is 5.56. The molecule has 1 aromatic carbocycles. The number of rotatable bonds is 3. The van der Waals surface area contributed by atoms with Gasteiger partial charge in [-0.3, -0.25) is 0 Å². The minimum Gasteiger partial charge on any atom is -0.495 e. The Bertz CT molecular complexity index is 393. The van der Waals surface area contributed by atoms with Crippen molar-refractivity contribution in [2.24, 2.45) is 0 Å².